The molecule has 1 aliphatic rings. The average Bonchev–Trinajstić information content (AvgIpc) is 3.20. The van der Waals surface area contributed by atoms with Crippen LogP contribution in [0.4, 0.5) is 5.82 Å². The van der Waals surface area contributed by atoms with Gasteiger partial charge in [0.15, 0.2) is 11.5 Å². The highest BCUT2D eigenvalue weighted by Crippen LogP contribution is 2.29. The SMILES string of the molecule is CCn1c([C@H]2CCCN(c3ncnc4nc[nH]c34)C2)n[nH]c1=O. The van der Waals surface area contributed by atoms with E-state index < -0.39 is 0 Å². The fourth-order valence-electron chi connectivity index (χ4n) is 3.32. The van der Waals surface area contributed by atoms with Crippen LogP contribution in [-0.2, 0) is 6.54 Å². The molecule has 9 heteroatoms. The lowest BCUT2D eigenvalue weighted by Gasteiger charge is -2.33. The standard InChI is InChI=1S/C14H18N8O/c1-2-22-12(19-20-14(22)23)9-4-3-5-21(6-9)13-10-11(16-7-15-10)17-8-18-13/h7-9H,2-6H2,1H3,(H,20,23)(H,15,16,17,18)/t9-/m0/s1. The molecule has 23 heavy (non-hydrogen) atoms. The van der Waals surface area contributed by atoms with Crippen molar-refractivity contribution in [3.05, 3.63) is 29.0 Å². The number of piperidine rings is 1. The summed E-state index contributed by atoms with van der Waals surface area (Å²) in [6.45, 7) is 4.27. The molecule has 0 amide bonds. The van der Waals surface area contributed by atoms with E-state index in [-0.39, 0.29) is 11.6 Å². The summed E-state index contributed by atoms with van der Waals surface area (Å²) in [7, 11) is 0. The molecule has 0 saturated carbocycles. The lowest BCUT2D eigenvalue weighted by atomic mass is 9.97. The first kappa shape index (κ1) is 13.9. The topological polar surface area (TPSA) is 108 Å². The Balaban J connectivity index is 1.67. The molecule has 4 heterocycles. The summed E-state index contributed by atoms with van der Waals surface area (Å²) >= 11 is 0. The van der Waals surface area contributed by atoms with Crippen molar-refractivity contribution in [3.8, 4) is 0 Å². The molecule has 1 atom stereocenters. The van der Waals surface area contributed by atoms with Crippen LogP contribution in [0.5, 0.6) is 0 Å². The molecule has 0 aliphatic carbocycles. The third kappa shape index (κ3) is 2.28. The van der Waals surface area contributed by atoms with Gasteiger partial charge in [-0.25, -0.2) is 24.8 Å². The largest absolute Gasteiger partial charge is 0.354 e. The highest BCUT2D eigenvalue weighted by Gasteiger charge is 2.27. The molecule has 1 aliphatic heterocycles. The van der Waals surface area contributed by atoms with Gasteiger partial charge >= 0.3 is 5.69 Å². The van der Waals surface area contributed by atoms with Crippen molar-refractivity contribution in [2.45, 2.75) is 32.2 Å². The van der Waals surface area contributed by atoms with Gasteiger partial charge in [-0.1, -0.05) is 0 Å². The van der Waals surface area contributed by atoms with E-state index in [1.807, 2.05) is 6.92 Å². The van der Waals surface area contributed by atoms with Crippen molar-refractivity contribution < 1.29 is 0 Å². The molecule has 0 spiro atoms. The van der Waals surface area contributed by atoms with Gasteiger partial charge < -0.3 is 9.88 Å². The number of aromatic nitrogens is 7. The Morgan fingerprint density at radius 2 is 2.26 bits per heavy atom. The molecule has 0 unspecified atom stereocenters. The van der Waals surface area contributed by atoms with E-state index in [0.29, 0.717) is 12.2 Å². The van der Waals surface area contributed by atoms with Gasteiger partial charge in [0.25, 0.3) is 0 Å². The molecule has 0 radical (unpaired) electrons. The molecule has 1 fully saturated rings. The van der Waals surface area contributed by atoms with E-state index in [1.54, 1.807) is 17.2 Å². The summed E-state index contributed by atoms with van der Waals surface area (Å²) in [6.07, 6.45) is 5.21. The first-order valence-electron chi connectivity index (χ1n) is 7.82. The van der Waals surface area contributed by atoms with Crippen molar-refractivity contribution >= 4 is 17.0 Å². The lowest BCUT2D eigenvalue weighted by molar-refractivity contribution is 0.470. The maximum Gasteiger partial charge on any atom is 0.343 e. The summed E-state index contributed by atoms with van der Waals surface area (Å²) in [5, 5.41) is 6.80. The third-order valence-electron chi connectivity index (χ3n) is 4.39. The molecule has 120 valence electrons. The number of fused-ring (bicyclic) bond motifs is 1. The van der Waals surface area contributed by atoms with Crippen molar-refractivity contribution in [2.24, 2.45) is 0 Å². The van der Waals surface area contributed by atoms with E-state index in [1.165, 1.54) is 0 Å². The number of hydrogen-bond acceptors (Lipinski definition) is 6. The number of rotatable bonds is 3. The fourth-order valence-corrected chi connectivity index (χ4v) is 3.32. The fraction of sp³-hybridized carbons (Fsp3) is 0.500. The second-order valence-corrected chi connectivity index (χ2v) is 5.71. The quantitative estimate of drug-likeness (QED) is 0.734. The van der Waals surface area contributed by atoms with E-state index >= 15 is 0 Å². The zero-order valence-electron chi connectivity index (χ0n) is 12.9. The van der Waals surface area contributed by atoms with Gasteiger partial charge in [-0.2, -0.15) is 5.10 Å². The van der Waals surface area contributed by atoms with Crippen LogP contribution < -0.4 is 10.6 Å². The maximum absolute atomic E-state index is 11.8. The Kier molecular flexibility index (Phi) is 3.32. The third-order valence-corrected chi connectivity index (χ3v) is 4.39. The molecule has 0 aromatic carbocycles. The Bertz CT molecular complexity index is 878. The van der Waals surface area contributed by atoms with Crippen molar-refractivity contribution in [1.82, 2.24) is 34.7 Å². The minimum absolute atomic E-state index is 0.141. The highest BCUT2D eigenvalue weighted by molar-refractivity contribution is 5.82. The predicted octanol–water partition coefficient (Wildman–Crippen LogP) is 0.642. The number of H-pyrrole nitrogens is 2. The summed E-state index contributed by atoms with van der Waals surface area (Å²) in [5.41, 5.74) is 1.38. The Hall–Kier alpha value is -2.71. The van der Waals surface area contributed by atoms with Gasteiger partial charge in [-0.15, -0.1) is 0 Å². The first-order chi connectivity index (χ1) is 11.3. The van der Waals surface area contributed by atoms with Crippen LogP contribution >= 0.6 is 0 Å². The second-order valence-electron chi connectivity index (χ2n) is 5.71. The zero-order valence-corrected chi connectivity index (χ0v) is 12.9. The van der Waals surface area contributed by atoms with Gasteiger partial charge in [-0.3, -0.25) is 4.57 Å². The molecule has 3 aromatic rings. The van der Waals surface area contributed by atoms with Crippen molar-refractivity contribution in [2.75, 3.05) is 18.0 Å². The minimum atomic E-state index is -0.141. The molecule has 0 bridgehead atoms. The van der Waals surface area contributed by atoms with Crippen molar-refractivity contribution in [3.63, 3.8) is 0 Å². The normalized spacial score (nSPS) is 18.7. The molecule has 2 N–H and O–H groups in total. The predicted molar refractivity (Wildman–Crippen MR) is 84.4 cm³/mol. The van der Waals surface area contributed by atoms with E-state index in [9.17, 15) is 4.79 Å². The van der Waals surface area contributed by atoms with Crippen LogP contribution in [0, 0.1) is 0 Å². The van der Waals surface area contributed by atoms with Crippen LogP contribution in [0.3, 0.4) is 0 Å². The Morgan fingerprint density at radius 1 is 1.35 bits per heavy atom. The molecular weight excluding hydrogens is 296 g/mol. The van der Waals surface area contributed by atoms with Gasteiger partial charge in [-0.05, 0) is 19.8 Å². The number of hydrogen-bond donors (Lipinski definition) is 2. The molecule has 9 nitrogen and oxygen atoms in total. The van der Waals surface area contributed by atoms with Gasteiger partial charge in [0.05, 0.1) is 6.33 Å². The van der Waals surface area contributed by atoms with Crippen LogP contribution in [0.1, 0.15) is 31.5 Å². The van der Waals surface area contributed by atoms with Gasteiger partial charge in [0, 0.05) is 25.6 Å². The number of aromatic amines is 2. The average molecular weight is 314 g/mol. The summed E-state index contributed by atoms with van der Waals surface area (Å²) in [4.78, 5) is 29.9. The molecule has 3 aromatic heterocycles. The molecule has 1 saturated heterocycles. The maximum atomic E-state index is 11.8. The number of nitrogens with zero attached hydrogens (tertiary/aromatic N) is 6. The van der Waals surface area contributed by atoms with E-state index in [4.69, 9.17) is 0 Å². The summed E-state index contributed by atoms with van der Waals surface area (Å²) in [5.74, 6) is 1.89. The van der Waals surface area contributed by atoms with Gasteiger partial charge in [0.1, 0.15) is 17.7 Å². The number of imidazole rings is 1. The Morgan fingerprint density at radius 3 is 3.13 bits per heavy atom. The Labute approximate surface area is 131 Å². The van der Waals surface area contributed by atoms with Crippen LogP contribution in [0.25, 0.3) is 11.2 Å². The highest BCUT2D eigenvalue weighted by atomic mass is 16.1. The van der Waals surface area contributed by atoms with E-state index in [2.05, 4.69) is 35.0 Å². The summed E-state index contributed by atoms with van der Waals surface area (Å²) < 4.78 is 1.71. The lowest BCUT2D eigenvalue weighted by Crippen LogP contribution is -2.36. The first-order valence-corrected chi connectivity index (χ1v) is 7.82. The van der Waals surface area contributed by atoms with Crippen LogP contribution in [0.15, 0.2) is 17.4 Å². The van der Waals surface area contributed by atoms with Crippen LogP contribution in [-0.4, -0.2) is 47.8 Å². The van der Waals surface area contributed by atoms with Crippen LogP contribution in [0.2, 0.25) is 0 Å². The second kappa shape index (κ2) is 5.49. The van der Waals surface area contributed by atoms with E-state index in [0.717, 1.165) is 43.1 Å². The minimum Gasteiger partial charge on any atom is -0.354 e. The number of nitrogens with one attached hydrogen (secondary N) is 2. The number of anilines is 1. The monoisotopic (exact) mass is 314 g/mol. The zero-order chi connectivity index (χ0) is 15.8. The van der Waals surface area contributed by atoms with Crippen molar-refractivity contribution in [1.29, 1.82) is 0 Å². The molecular formula is C14H18N8O. The van der Waals surface area contributed by atoms with Gasteiger partial charge in [0.2, 0.25) is 0 Å². The molecule has 4 rings (SSSR count). The summed E-state index contributed by atoms with van der Waals surface area (Å²) in [6, 6.07) is 0. The smallest absolute Gasteiger partial charge is 0.343 e.